The van der Waals surface area contributed by atoms with Crippen molar-refractivity contribution in [3.05, 3.63) is 29.2 Å². The molecule has 2 aromatic heterocycles. The summed E-state index contributed by atoms with van der Waals surface area (Å²) in [6.07, 6.45) is 1.41. The predicted molar refractivity (Wildman–Crippen MR) is 96.3 cm³/mol. The van der Waals surface area contributed by atoms with Gasteiger partial charge in [0, 0.05) is 32.5 Å². The number of sulfonamides is 1. The van der Waals surface area contributed by atoms with Crippen LogP contribution in [0.4, 0.5) is 0 Å². The second kappa shape index (κ2) is 7.09. The Morgan fingerprint density at radius 3 is 2.65 bits per heavy atom. The summed E-state index contributed by atoms with van der Waals surface area (Å²) in [5.41, 5.74) is -0.233. The number of likely N-dealkylation sites (N-methyl/N-ethyl adjacent to an activating group) is 1. The van der Waals surface area contributed by atoms with E-state index in [4.69, 9.17) is 4.52 Å². The van der Waals surface area contributed by atoms with Gasteiger partial charge in [-0.3, -0.25) is 4.79 Å². The topological polar surface area (TPSA) is 96.6 Å². The number of aryl methyl sites for hydroxylation is 1. The van der Waals surface area contributed by atoms with Crippen molar-refractivity contribution in [1.29, 1.82) is 0 Å². The van der Waals surface area contributed by atoms with Gasteiger partial charge in [-0.2, -0.15) is 9.29 Å². The number of hydrogen-bond donors (Lipinski definition) is 0. The number of amides is 1. The number of likely N-dealkylation sites (tertiary alicyclic amines) is 1. The average Bonchev–Trinajstić information content (AvgIpc) is 3.27. The second-order valence-corrected chi connectivity index (χ2v) is 9.99. The molecule has 1 amide bonds. The van der Waals surface area contributed by atoms with Crippen LogP contribution in [0.3, 0.4) is 0 Å². The molecular formula is C16H22N4O4S2. The van der Waals surface area contributed by atoms with E-state index < -0.39 is 10.0 Å². The third-order valence-electron chi connectivity index (χ3n) is 4.80. The lowest BCUT2D eigenvalue weighted by atomic mass is 9.79. The van der Waals surface area contributed by atoms with Crippen LogP contribution in [0.15, 0.2) is 26.2 Å². The normalized spacial score (nSPS) is 17.6. The second-order valence-electron chi connectivity index (χ2n) is 6.77. The number of aromatic nitrogens is 2. The summed E-state index contributed by atoms with van der Waals surface area (Å²) in [5, 5.41) is 5.72. The third-order valence-corrected chi connectivity index (χ3v) is 7.98. The van der Waals surface area contributed by atoms with E-state index in [1.165, 1.54) is 7.05 Å². The molecule has 0 unspecified atom stereocenters. The Hall–Kier alpha value is -1.78. The highest BCUT2D eigenvalue weighted by Gasteiger charge is 2.37. The summed E-state index contributed by atoms with van der Waals surface area (Å²) in [6, 6.07) is 3.22. The van der Waals surface area contributed by atoms with Crippen LogP contribution in [-0.2, 0) is 20.2 Å². The third kappa shape index (κ3) is 3.67. The highest BCUT2D eigenvalue weighted by molar-refractivity contribution is 7.91. The molecule has 0 aromatic carbocycles. The molecule has 0 radical (unpaired) electrons. The summed E-state index contributed by atoms with van der Waals surface area (Å²) in [4.78, 5) is 18.6. The maximum Gasteiger partial charge on any atom is 0.252 e. The molecule has 0 N–H and O–H groups in total. The average molecular weight is 399 g/mol. The Bertz CT molecular complexity index is 868. The van der Waals surface area contributed by atoms with Crippen molar-refractivity contribution in [2.75, 3.05) is 26.7 Å². The number of thiophene rings is 1. The van der Waals surface area contributed by atoms with Crippen LogP contribution in [0, 0.1) is 6.92 Å². The van der Waals surface area contributed by atoms with Crippen molar-refractivity contribution in [1.82, 2.24) is 19.3 Å². The first-order valence-electron chi connectivity index (χ1n) is 8.31. The molecule has 0 spiro atoms. The summed E-state index contributed by atoms with van der Waals surface area (Å²) < 4.78 is 31.3. The lowest BCUT2D eigenvalue weighted by molar-refractivity contribution is -0.132. The largest absolute Gasteiger partial charge is 0.341 e. The fraction of sp³-hybridized carbons (Fsp3) is 0.562. The molecule has 1 fully saturated rings. The number of piperidine rings is 1. The zero-order valence-corrected chi connectivity index (χ0v) is 16.6. The minimum absolute atomic E-state index is 0.168. The molecule has 2 aromatic rings. The van der Waals surface area contributed by atoms with Gasteiger partial charge in [-0.25, -0.2) is 8.42 Å². The lowest BCUT2D eigenvalue weighted by Crippen LogP contribution is -2.47. The number of carbonyl (C=O) groups excluding carboxylic acids is 1. The van der Waals surface area contributed by atoms with E-state index in [2.05, 4.69) is 17.1 Å². The Morgan fingerprint density at radius 1 is 1.42 bits per heavy atom. The van der Waals surface area contributed by atoms with Crippen LogP contribution >= 0.6 is 11.3 Å². The Kier molecular flexibility index (Phi) is 5.18. The zero-order chi connectivity index (χ0) is 18.9. The van der Waals surface area contributed by atoms with Gasteiger partial charge in [0.05, 0.1) is 6.54 Å². The van der Waals surface area contributed by atoms with Crippen molar-refractivity contribution in [3.8, 4) is 0 Å². The number of rotatable bonds is 5. The van der Waals surface area contributed by atoms with E-state index in [0.29, 0.717) is 37.6 Å². The molecule has 26 heavy (non-hydrogen) atoms. The van der Waals surface area contributed by atoms with Crippen LogP contribution in [0.1, 0.15) is 31.5 Å². The van der Waals surface area contributed by atoms with E-state index in [1.54, 1.807) is 29.3 Å². The van der Waals surface area contributed by atoms with E-state index in [1.807, 2.05) is 0 Å². The first-order chi connectivity index (χ1) is 12.2. The highest BCUT2D eigenvalue weighted by Crippen LogP contribution is 2.33. The molecule has 0 saturated carbocycles. The van der Waals surface area contributed by atoms with Crippen LogP contribution in [0.5, 0.6) is 0 Å². The van der Waals surface area contributed by atoms with Gasteiger partial charge in [0.2, 0.25) is 11.8 Å². The number of nitrogens with zero attached hydrogens (tertiary/aromatic N) is 4. The van der Waals surface area contributed by atoms with Crippen molar-refractivity contribution in [3.63, 3.8) is 0 Å². The van der Waals surface area contributed by atoms with Crippen molar-refractivity contribution < 1.29 is 17.7 Å². The minimum Gasteiger partial charge on any atom is -0.341 e. The first kappa shape index (κ1) is 19.0. The minimum atomic E-state index is -3.62. The molecule has 8 nitrogen and oxygen atoms in total. The summed E-state index contributed by atoms with van der Waals surface area (Å²) >= 11 is 1.14. The molecule has 142 valence electrons. The lowest BCUT2D eigenvalue weighted by Gasteiger charge is -2.37. The molecule has 3 heterocycles. The SMILES string of the molecule is Cc1nc(C2(C)CCN(C(=O)CN(C)S(=O)(=O)c3cccs3)CC2)no1. The molecular weight excluding hydrogens is 376 g/mol. The zero-order valence-electron chi connectivity index (χ0n) is 15.0. The smallest absolute Gasteiger partial charge is 0.252 e. The van der Waals surface area contributed by atoms with Gasteiger partial charge < -0.3 is 9.42 Å². The van der Waals surface area contributed by atoms with Crippen LogP contribution in [0.2, 0.25) is 0 Å². The molecule has 10 heteroatoms. The monoisotopic (exact) mass is 398 g/mol. The molecule has 0 bridgehead atoms. The van der Waals surface area contributed by atoms with Crippen LogP contribution in [-0.4, -0.2) is 60.4 Å². The van der Waals surface area contributed by atoms with Crippen molar-refractivity contribution in [2.45, 2.75) is 36.3 Å². The fourth-order valence-electron chi connectivity index (χ4n) is 2.96. The van der Waals surface area contributed by atoms with Gasteiger partial charge in [0.1, 0.15) is 4.21 Å². The fourth-order valence-corrected chi connectivity index (χ4v) is 5.28. The summed E-state index contributed by atoms with van der Waals surface area (Å²) in [5.74, 6) is 0.999. The number of carbonyl (C=O) groups is 1. The van der Waals surface area contributed by atoms with Gasteiger partial charge >= 0.3 is 0 Å². The first-order valence-corrected chi connectivity index (χ1v) is 10.6. The summed E-state index contributed by atoms with van der Waals surface area (Å²) in [6.45, 7) is 4.72. The van der Waals surface area contributed by atoms with Gasteiger partial charge in [0.25, 0.3) is 10.0 Å². The van der Waals surface area contributed by atoms with Crippen LogP contribution < -0.4 is 0 Å². The molecule has 1 saturated heterocycles. The van der Waals surface area contributed by atoms with E-state index in [0.717, 1.165) is 15.6 Å². The molecule has 1 aliphatic heterocycles. The van der Waals surface area contributed by atoms with Gasteiger partial charge in [-0.15, -0.1) is 11.3 Å². The highest BCUT2D eigenvalue weighted by atomic mass is 32.2. The maximum atomic E-state index is 12.5. The number of hydrogen-bond acceptors (Lipinski definition) is 7. The van der Waals surface area contributed by atoms with Gasteiger partial charge in [-0.05, 0) is 24.3 Å². The standard InChI is InChI=1S/C16H22N4O4S2/c1-12-17-15(18-24-12)16(2)6-8-20(9-7-16)13(21)11-19(3)26(22,23)14-5-4-10-25-14/h4-5,10H,6-9,11H2,1-3H3. The van der Waals surface area contributed by atoms with Gasteiger partial charge in [-0.1, -0.05) is 18.1 Å². The van der Waals surface area contributed by atoms with Crippen molar-refractivity contribution in [2.24, 2.45) is 0 Å². The molecule has 1 aliphatic rings. The Labute approximate surface area is 156 Å². The summed E-state index contributed by atoms with van der Waals surface area (Å²) in [7, 11) is -2.19. The van der Waals surface area contributed by atoms with Crippen molar-refractivity contribution >= 4 is 27.3 Å². The van der Waals surface area contributed by atoms with E-state index in [-0.39, 0.29) is 22.1 Å². The predicted octanol–water partition coefficient (Wildman–Crippen LogP) is 1.64. The molecule has 0 atom stereocenters. The quantitative estimate of drug-likeness (QED) is 0.760. The van der Waals surface area contributed by atoms with E-state index >= 15 is 0 Å². The molecule has 0 aliphatic carbocycles. The Balaban J connectivity index is 1.60. The molecule has 3 rings (SSSR count). The van der Waals surface area contributed by atoms with Gasteiger partial charge in [0.15, 0.2) is 5.82 Å². The Morgan fingerprint density at radius 2 is 2.12 bits per heavy atom. The maximum absolute atomic E-state index is 12.5. The van der Waals surface area contributed by atoms with Crippen LogP contribution in [0.25, 0.3) is 0 Å². The van der Waals surface area contributed by atoms with E-state index in [9.17, 15) is 13.2 Å².